The van der Waals surface area contributed by atoms with Gasteiger partial charge in [0.05, 0.1) is 16.3 Å². The van der Waals surface area contributed by atoms with E-state index in [-0.39, 0.29) is 10.8 Å². The number of para-hydroxylation sites is 2. The Labute approximate surface area is 136 Å². The van der Waals surface area contributed by atoms with Gasteiger partial charge in [-0.2, -0.15) is 0 Å². The Balaban J connectivity index is 2.39. The van der Waals surface area contributed by atoms with E-state index in [1.807, 2.05) is 43.3 Å². The number of carbonyl (C=O) groups excluding carboxylic acids is 1. The third-order valence-corrected chi connectivity index (χ3v) is 4.63. The van der Waals surface area contributed by atoms with Crippen LogP contribution in [-0.4, -0.2) is 34.7 Å². The molecule has 122 valence electrons. The molecule has 2 aromatic rings. The Hall–Kier alpha value is -2.34. The minimum atomic E-state index is -3.36. The first-order chi connectivity index (χ1) is 10.7. The molecule has 0 spiro atoms. The number of carbonyl (C=O) groups is 1. The number of anilines is 2. The van der Waals surface area contributed by atoms with Crippen molar-refractivity contribution in [1.29, 1.82) is 0 Å². The molecule has 23 heavy (non-hydrogen) atoms. The molecule has 0 saturated heterocycles. The van der Waals surface area contributed by atoms with Crippen molar-refractivity contribution >= 4 is 27.1 Å². The molecule has 0 aliphatic rings. The molecule has 0 aromatic heterocycles. The second-order valence-electron chi connectivity index (χ2n) is 5.61. The molecular weight excluding hydrogens is 312 g/mol. The number of benzene rings is 2. The highest BCUT2D eigenvalue weighted by molar-refractivity contribution is 7.90. The minimum absolute atomic E-state index is 0.133. The lowest BCUT2D eigenvalue weighted by atomic mass is 10.1. The standard InChI is InChI=1S/C17H20N2O3S/c1-12-9-10-13(23(4,21)22)11-14(12)17(20)18-15-7-5-6-8-16(15)19(2)3/h5-11H,1-4H3,(H,18,20). The first-order valence-corrected chi connectivity index (χ1v) is 8.97. The van der Waals surface area contributed by atoms with Crippen molar-refractivity contribution in [3.05, 3.63) is 53.6 Å². The smallest absolute Gasteiger partial charge is 0.256 e. The maximum absolute atomic E-state index is 12.6. The van der Waals surface area contributed by atoms with E-state index in [0.717, 1.165) is 17.5 Å². The summed E-state index contributed by atoms with van der Waals surface area (Å²) < 4.78 is 23.4. The van der Waals surface area contributed by atoms with Crippen LogP contribution in [0.1, 0.15) is 15.9 Å². The fourth-order valence-electron chi connectivity index (χ4n) is 2.24. The van der Waals surface area contributed by atoms with Gasteiger partial charge in [0.1, 0.15) is 0 Å². The quantitative estimate of drug-likeness (QED) is 0.935. The maximum Gasteiger partial charge on any atom is 0.256 e. The van der Waals surface area contributed by atoms with Crippen molar-refractivity contribution in [3.8, 4) is 0 Å². The Bertz CT molecular complexity index is 843. The molecule has 0 radical (unpaired) electrons. The van der Waals surface area contributed by atoms with Gasteiger partial charge in [0, 0.05) is 25.9 Å². The van der Waals surface area contributed by atoms with Crippen LogP contribution in [0.4, 0.5) is 11.4 Å². The molecule has 0 saturated carbocycles. The molecular formula is C17H20N2O3S. The van der Waals surface area contributed by atoms with Crippen LogP contribution >= 0.6 is 0 Å². The van der Waals surface area contributed by atoms with E-state index >= 15 is 0 Å². The molecule has 1 amide bonds. The number of hydrogen-bond acceptors (Lipinski definition) is 4. The van der Waals surface area contributed by atoms with Crippen molar-refractivity contribution in [2.75, 3.05) is 30.6 Å². The van der Waals surface area contributed by atoms with Crippen LogP contribution in [0.15, 0.2) is 47.4 Å². The van der Waals surface area contributed by atoms with Crippen LogP contribution < -0.4 is 10.2 Å². The molecule has 0 unspecified atom stereocenters. The molecule has 2 aromatic carbocycles. The van der Waals surface area contributed by atoms with E-state index in [9.17, 15) is 13.2 Å². The average molecular weight is 332 g/mol. The van der Waals surface area contributed by atoms with Crippen LogP contribution in [0, 0.1) is 6.92 Å². The highest BCUT2D eigenvalue weighted by Crippen LogP contribution is 2.25. The number of aryl methyl sites for hydroxylation is 1. The molecule has 1 N–H and O–H groups in total. The first kappa shape index (κ1) is 17.0. The third-order valence-electron chi connectivity index (χ3n) is 3.52. The summed E-state index contributed by atoms with van der Waals surface area (Å²) >= 11 is 0. The lowest BCUT2D eigenvalue weighted by Gasteiger charge is -2.18. The molecule has 0 aliphatic heterocycles. The summed E-state index contributed by atoms with van der Waals surface area (Å²) in [4.78, 5) is 14.6. The molecule has 6 heteroatoms. The predicted octanol–water partition coefficient (Wildman–Crippen LogP) is 2.72. The highest BCUT2D eigenvalue weighted by atomic mass is 32.2. The normalized spacial score (nSPS) is 11.1. The van der Waals surface area contributed by atoms with Gasteiger partial charge < -0.3 is 10.2 Å². The molecule has 0 aliphatic carbocycles. The molecule has 0 heterocycles. The van der Waals surface area contributed by atoms with Crippen molar-refractivity contribution in [3.63, 3.8) is 0 Å². The number of hydrogen-bond donors (Lipinski definition) is 1. The fourth-order valence-corrected chi connectivity index (χ4v) is 2.88. The number of rotatable bonds is 4. The highest BCUT2D eigenvalue weighted by Gasteiger charge is 2.16. The lowest BCUT2D eigenvalue weighted by molar-refractivity contribution is 0.102. The van der Waals surface area contributed by atoms with Gasteiger partial charge in [-0.1, -0.05) is 18.2 Å². The predicted molar refractivity (Wildman–Crippen MR) is 93.0 cm³/mol. The topological polar surface area (TPSA) is 66.5 Å². The molecule has 0 atom stereocenters. The molecule has 5 nitrogen and oxygen atoms in total. The summed E-state index contributed by atoms with van der Waals surface area (Å²) in [6.07, 6.45) is 1.13. The van der Waals surface area contributed by atoms with Crippen molar-refractivity contribution in [2.45, 2.75) is 11.8 Å². The van der Waals surface area contributed by atoms with Crippen LogP contribution in [-0.2, 0) is 9.84 Å². The second kappa shape index (κ2) is 6.42. The number of nitrogens with one attached hydrogen (secondary N) is 1. The number of amides is 1. The Morgan fingerprint density at radius 3 is 2.35 bits per heavy atom. The van der Waals surface area contributed by atoms with Crippen LogP contribution in [0.3, 0.4) is 0 Å². The van der Waals surface area contributed by atoms with E-state index in [0.29, 0.717) is 11.3 Å². The zero-order valence-electron chi connectivity index (χ0n) is 13.6. The Kier molecular flexibility index (Phi) is 4.75. The summed E-state index contributed by atoms with van der Waals surface area (Å²) in [5, 5.41) is 2.85. The molecule has 2 rings (SSSR count). The summed E-state index contributed by atoms with van der Waals surface area (Å²) in [6, 6.07) is 12.0. The van der Waals surface area contributed by atoms with Crippen LogP contribution in [0.2, 0.25) is 0 Å². The summed E-state index contributed by atoms with van der Waals surface area (Å²) in [6.45, 7) is 1.78. The molecule has 0 bridgehead atoms. The van der Waals surface area contributed by atoms with Crippen LogP contribution in [0.5, 0.6) is 0 Å². The Morgan fingerprint density at radius 1 is 1.09 bits per heavy atom. The second-order valence-corrected chi connectivity index (χ2v) is 7.63. The van der Waals surface area contributed by atoms with Gasteiger partial charge in [0.25, 0.3) is 5.91 Å². The van der Waals surface area contributed by atoms with Crippen molar-refractivity contribution in [2.24, 2.45) is 0 Å². The number of nitrogens with zero attached hydrogens (tertiary/aromatic N) is 1. The largest absolute Gasteiger partial charge is 0.376 e. The fraction of sp³-hybridized carbons (Fsp3) is 0.235. The van der Waals surface area contributed by atoms with Crippen molar-refractivity contribution in [1.82, 2.24) is 0 Å². The van der Waals surface area contributed by atoms with Crippen LogP contribution in [0.25, 0.3) is 0 Å². The van der Waals surface area contributed by atoms with E-state index < -0.39 is 9.84 Å². The summed E-state index contributed by atoms with van der Waals surface area (Å²) in [5.41, 5.74) is 2.61. The van der Waals surface area contributed by atoms with Gasteiger partial charge in [-0.15, -0.1) is 0 Å². The van der Waals surface area contributed by atoms with Gasteiger partial charge in [-0.3, -0.25) is 4.79 Å². The maximum atomic E-state index is 12.6. The van der Waals surface area contributed by atoms with Crippen molar-refractivity contribution < 1.29 is 13.2 Å². The van der Waals surface area contributed by atoms with E-state index in [4.69, 9.17) is 0 Å². The summed E-state index contributed by atoms with van der Waals surface area (Å²) in [7, 11) is 0.421. The van der Waals surface area contributed by atoms with E-state index in [1.54, 1.807) is 13.0 Å². The van der Waals surface area contributed by atoms with E-state index in [2.05, 4.69) is 5.32 Å². The van der Waals surface area contributed by atoms with Gasteiger partial charge in [-0.05, 0) is 36.8 Å². The first-order valence-electron chi connectivity index (χ1n) is 7.08. The Morgan fingerprint density at radius 2 is 1.74 bits per heavy atom. The third kappa shape index (κ3) is 3.90. The SMILES string of the molecule is Cc1ccc(S(C)(=O)=O)cc1C(=O)Nc1ccccc1N(C)C. The summed E-state index contributed by atoms with van der Waals surface area (Å²) in [5.74, 6) is -0.331. The van der Waals surface area contributed by atoms with Gasteiger partial charge >= 0.3 is 0 Å². The minimum Gasteiger partial charge on any atom is -0.376 e. The van der Waals surface area contributed by atoms with Gasteiger partial charge in [0.2, 0.25) is 0 Å². The zero-order valence-corrected chi connectivity index (χ0v) is 14.4. The monoisotopic (exact) mass is 332 g/mol. The average Bonchev–Trinajstić information content (AvgIpc) is 2.46. The van der Waals surface area contributed by atoms with Gasteiger partial charge in [0.15, 0.2) is 9.84 Å². The van der Waals surface area contributed by atoms with E-state index in [1.165, 1.54) is 12.1 Å². The lowest BCUT2D eigenvalue weighted by Crippen LogP contribution is -2.17. The molecule has 0 fully saturated rings. The van der Waals surface area contributed by atoms with Gasteiger partial charge in [-0.25, -0.2) is 8.42 Å². The number of sulfone groups is 1. The zero-order chi connectivity index (χ0) is 17.2.